The molecular formula is C12H25N3O. The van der Waals surface area contributed by atoms with E-state index in [0.29, 0.717) is 6.54 Å². The lowest BCUT2D eigenvalue weighted by Crippen LogP contribution is -2.50. The Morgan fingerprint density at radius 2 is 1.81 bits per heavy atom. The van der Waals surface area contributed by atoms with Crippen LogP contribution in [0.25, 0.3) is 0 Å². The number of ether oxygens (including phenoxy) is 1. The Hall–Kier alpha value is -0.160. The summed E-state index contributed by atoms with van der Waals surface area (Å²) in [5.41, 5.74) is 5.64. The Labute approximate surface area is 98.7 Å². The zero-order chi connectivity index (χ0) is 11.4. The third kappa shape index (κ3) is 3.70. The highest BCUT2D eigenvalue weighted by Crippen LogP contribution is 2.29. The molecule has 2 rings (SSSR count). The van der Waals surface area contributed by atoms with Crippen LogP contribution in [0.15, 0.2) is 0 Å². The Kier molecular flexibility index (Phi) is 4.58. The molecule has 16 heavy (non-hydrogen) atoms. The molecule has 2 aliphatic rings. The molecule has 4 nitrogen and oxygen atoms in total. The van der Waals surface area contributed by atoms with Crippen LogP contribution in [0.2, 0.25) is 0 Å². The summed E-state index contributed by atoms with van der Waals surface area (Å²) in [6.07, 6.45) is 3.12. The monoisotopic (exact) mass is 227 g/mol. The standard InChI is InChI=1S/C12H25N3O/c1-16-12(8-13)10-15-6-4-14(5-7-15)9-11-2-3-11/h11-12H,2-10,13H2,1H3. The Bertz CT molecular complexity index is 196. The average molecular weight is 227 g/mol. The fraction of sp³-hybridized carbons (Fsp3) is 1.00. The van der Waals surface area contributed by atoms with Gasteiger partial charge in [-0.15, -0.1) is 0 Å². The van der Waals surface area contributed by atoms with Gasteiger partial charge in [0.25, 0.3) is 0 Å². The molecule has 0 bridgehead atoms. The largest absolute Gasteiger partial charge is 0.379 e. The van der Waals surface area contributed by atoms with Crippen molar-refractivity contribution in [1.82, 2.24) is 9.80 Å². The normalized spacial score (nSPS) is 25.9. The molecule has 1 saturated carbocycles. The number of hydrogen-bond acceptors (Lipinski definition) is 4. The fourth-order valence-corrected chi connectivity index (χ4v) is 2.35. The second kappa shape index (κ2) is 5.96. The first-order valence-corrected chi connectivity index (χ1v) is 6.49. The van der Waals surface area contributed by atoms with E-state index in [1.54, 1.807) is 7.11 Å². The van der Waals surface area contributed by atoms with Gasteiger partial charge in [0.05, 0.1) is 6.10 Å². The zero-order valence-electron chi connectivity index (χ0n) is 10.4. The molecule has 2 fully saturated rings. The van der Waals surface area contributed by atoms with Crippen molar-refractivity contribution in [1.29, 1.82) is 0 Å². The lowest BCUT2D eigenvalue weighted by Gasteiger charge is -2.36. The molecule has 0 aromatic rings. The summed E-state index contributed by atoms with van der Waals surface area (Å²) in [4.78, 5) is 5.09. The number of hydrogen-bond donors (Lipinski definition) is 1. The first kappa shape index (κ1) is 12.3. The quantitative estimate of drug-likeness (QED) is 0.693. The second-order valence-corrected chi connectivity index (χ2v) is 5.14. The van der Waals surface area contributed by atoms with Gasteiger partial charge in [-0.3, -0.25) is 4.90 Å². The maximum Gasteiger partial charge on any atom is 0.0820 e. The van der Waals surface area contributed by atoms with Gasteiger partial charge in [0.2, 0.25) is 0 Å². The van der Waals surface area contributed by atoms with Gasteiger partial charge in [-0.2, -0.15) is 0 Å². The van der Waals surface area contributed by atoms with Crippen molar-refractivity contribution in [3.8, 4) is 0 Å². The molecule has 0 aromatic heterocycles. The molecule has 0 radical (unpaired) electrons. The van der Waals surface area contributed by atoms with Crippen LogP contribution in [0.4, 0.5) is 0 Å². The zero-order valence-corrected chi connectivity index (χ0v) is 10.4. The molecule has 0 spiro atoms. The molecule has 0 amide bonds. The summed E-state index contributed by atoms with van der Waals surface area (Å²) in [5.74, 6) is 1.02. The predicted octanol–water partition coefficient (Wildman–Crippen LogP) is -0.0123. The van der Waals surface area contributed by atoms with Crippen molar-refractivity contribution >= 4 is 0 Å². The Morgan fingerprint density at radius 3 is 2.31 bits per heavy atom. The summed E-state index contributed by atoms with van der Waals surface area (Å²) in [6.45, 7) is 7.73. The molecule has 1 unspecified atom stereocenters. The number of rotatable bonds is 6. The van der Waals surface area contributed by atoms with Crippen molar-refractivity contribution in [2.24, 2.45) is 11.7 Å². The third-order valence-electron chi connectivity index (χ3n) is 3.74. The van der Waals surface area contributed by atoms with Crippen LogP contribution in [0, 0.1) is 5.92 Å². The van der Waals surface area contributed by atoms with E-state index in [4.69, 9.17) is 10.5 Å². The van der Waals surface area contributed by atoms with Crippen molar-refractivity contribution in [2.75, 3.05) is 52.9 Å². The minimum atomic E-state index is 0.204. The van der Waals surface area contributed by atoms with Crippen LogP contribution < -0.4 is 5.73 Å². The summed E-state index contributed by atoms with van der Waals surface area (Å²) in [7, 11) is 1.75. The van der Waals surface area contributed by atoms with Crippen LogP contribution in [0.5, 0.6) is 0 Å². The van der Waals surface area contributed by atoms with Crippen LogP contribution in [0.1, 0.15) is 12.8 Å². The smallest absolute Gasteiger partial charge is 0.0820 e. The molecule has 94 valence electrons. The topological polar surface area (TPSA) is 41.7 Å². The van der Waals surface area contributed by atoms with Crippen LogP contribution in [-0.2, 0) is 4.74 Å². The van der Waals surface area contributed by atoms with Gasteiger partial charge in [-0.1, -0.05) is 0 Å². The molecule has 1 saturated heterocycles. The van der Waals surface area contributed by atoms with E-state index in [1.165, 1.54) is 45.6 Å². The van der Waals surface area contributed by atoms with Crippen molar-refractivity contribution < 1.29 is 4.74 Å². The summed E-state index contributed by atoms with van der Waals surface area (Å²) in [6, 6.07) is 0. The van der Waals surface area contributed by atoms with Crippen LogP contribution in [0.3, 0.4) is 0 Å². The fourth-order valence-electron chi connectivity index (χ4n) is 2.35. The molecule has 0 aromatic carbocycles. The number of nitrogens with two attached hydrogens (primary N) is 1. The molecule has 1 heterocycles. The highest BCUT2D eigenvalue weighted by Gasteiger charge is 2.26. The van der Waals surface area contributed by atoms with E-state index in [2.05, 4.69) is 9.80 Å². The molecule has 4 heteroatoms. The summed E-state index contributed by atoms with van der Waals surface area (Å²) < 4.78 is 5.32. The predicted molar refractivity (Wildman–Crippen MR) is 65.5 cm³/mol. The number of piperazine rings is 1. The molecular weight excluding hydrogens is 202 g/mol. The van der Waals surface area contributed by atoms with Crippen molar-refractivity contribution in [3.05, 3.63) is 0 Å². The third-order valence-corrected chi connectivity index (χ3v) is 3.74. The summed E-state index contributed by atoms with van der Waals surface area (Å²) >= 11 is 0. The number of methoxy groups -OCH3 is 1. The first-order valence-electron chi connectivity index (χ1n) is 6.49. The van der Waals surface area contributed by atoms with Gasteiger partial charge in [0.1, 0.15) is 0 Å². The Morgan fingerprint density at radius 1 is 1.19 bits per heavy atom. The highest BCUT2D eigenvalue weighted by atomic mass is 16.5. The van der Waals surface area contributed by atoms with Gasteiger partial charge in [0.15, 0.2) is 0 Å². The lowest BCUT2D eigenvalue weighted by atomic mass is 10.2. The van der Waals surface area contributed by atoms with Crippen LogP contribution in [-0.4, -0.2) is 68.8 Å². The van der Waals surface area contributed by atoms with Crippen molar-refractivity contribution in [3.63, 3.8) is 0 Å². The van der Waals surface area contributed by atoms with Gasteiger partial charge in [-0.05, 0) is 18.8 Å². The average Bonchev–Trinajstić information content (AvgIpc) is 3.12. The van der Waals surface area contributed by atoms with Crippen LogP contribution >= 0.6 is 0 Å². The minimum absolute atomic E-state index is 0.204. The van der Waals surface area contributed by atoms with Crippen molar-refractivity contribution in [2.45, 2.75) is 18.9 Å². The molecule has 2 N–H and O–H groups in total. The maximum absolute atomic E-state index is 5.64. The molecule has 1 aliphatic carbocycles. The van der Waals surface area contributed by atoms with E-state index in [0.717, 1.165) is 12.5 Å². The molecule has 1 aliphatic heterocycles. The Balaban J connectivity index is 1.63. The highest BCUT2D eigenvalue weighted by molar-refractivity contribution is 4.81. The second-order valence-electron chi connectivity index (χ2n) is 5.14. The maximum atomic E-state index is 5.64. The minimum Gasteiger partial charge on any atom is -0.379 e. The SMILES string of the molecule is COC(CN)CN1CCN(CC2CC2)CC1. The van der Waals surface area contributed by atoms with Gasteiger partial charge in [-0.25, -0.2) is 0 Å². The van der Waals surface area contributed by atoms with E-state index < -0.39 is 0 Å². The first-order chi connectivity index (χ1) is 7.81. The van der Waals surface area contributed by atoms with E-state index in [-0.39, 0.29) is 6.10 Å². The van der Waals surface area contributed by atoms with Gasteiger partial charge >= 0.3 is 0 Å². The molecule has 1 atom stereocenters. The lowest BCUT2D eigenvalue weighted by molar-refractivity contribution is 0.0465. The summed E-state index contributed by atoms with van der Waals surface area (Å²) in [5, 5.41) is 0. The van der Waals surface area contributed by atoms with Gasteiger partial charge < -0.3 is 15.4 Å². The number of nitrogens with zero attached hydrogens (tertiary/aromatic N) is 2. The van der Waals surface area contributed by atoms with E-state index >= 15 is 0 Å². The van der Waals surface area contributed by atoms with E-state index in [9.17, 15) is 0 Å². The van der Waals surface area contributed by atoms with Gasteiger partial charge in [0, 0.05) is 52.9 Å². The van der Waals surface area contributed by atoms with E-state index in [1.807, 2.05) is 0 Å².